The van der Waals surface area contributed by atoms with Gasteiger partial charge in [-0.15, -0.1) is 0 Å². The Balaban J connectivity index is 2.07. The van der Waals surface area contributed by atoms with Gasteiger partial charge < -0.3 is 5.32 Å². The van der Waals surface area contributed by atoms with Crippen molar-refractivity contribution in [1.29, 1.82) is 0 Å². The maximum absolute atomic E-state index is 13.8. The van der Waals surface area contributed by atoms with Crippen LogP contribution in [0.5, 0.6) is 0 Å². The first-order chi connectivity index (χ1) is 9.49. The number of rotatable bonds is 4. The van der Waals surface area contributed by atoms with Crippen LogP contribution in [0.2, 0.25) is 0 Å². The van der Waals surface area contributed by atoms with E-state index in [9.17, 15) is 8.78 Å². The zero-order valence-corrected chi connectivity index (χ0v) is 12.6. The Morgan fingerprint density at radius 2 is 1.80 bits per heavy atom. The Morgan fingerprint density at radius 1 is 1.10 bits per heavy atom. The van der Waals surface area contributed by atoms with Crippen LogP contribution < -0.4 is 5.32 Å². The van der Waals surface area contributed by atoms with Gasteiger partial charge in [0.25, 0.3) is 0 Å². The third kappa shape index (κ3) is 3.57. The van der Waals surface area contributed by atoms with Gasteiger partial charge >= 0.3 is 0 Å². The lowest BCUT2D eigenvalue weighted by Gasteiger charge is -2.37. The summed E-state index contributed by atoms with van der Waals surface area (Å²) >= 11 is 0. The molecule has 0 saturated heterocycles. The van der Waals surface area contributed by atoms with Gasteiger partial charge in [0.2, 0.25) is 0 Å². The summed E-state index contributed by atoms with van der Waals surface area (Å²) in [4.78, 5) is 0. The molecule has 1 aromatic rings. The summed E-state index contributed by atoms with van der Waals surface area (Å²) in [5.41, 5.74) is 0.555. The lowest BCUT2D eigenvalue weighted by Crippen LogP contribution is -2.42. The maximum atomic E-state index is 13.8. The van der Waals surface area contributed by atoms with Crippen LogP contribution in [0, 0.1) is 23.5 Å². The number of hydrogen-bond donors (Lipinski definition) is 1. The van der Waals surface area contributed by atoms with Gasteiger partial charge in [-0.25, -0.2) is 8.78 Å². The molecule has 1 N–H and O–H groups in total. The van der Waals surface area contributed by atoms with Crippen LogP contribution in [0.15, 0.2) is 18.2 Å². The smallest absolute Gasteiger partial charge is 0.130 e. The van der Waals surface area contributed by atoms with E-state index in [0.717, 1.165) is 12.5 Å². The predicted molar refractivity (Wildman–Crippen MR) is 78.5 cm³/mol. The molecule has 0 bridgehead atoms. The molecule has 3 atom stereocenters. The van der Waals surface area contributed by atoms with Gasteiger partial charge in [-0.05, 0) is 37.7 Å². The Morgan fingerprint density at radius 3 is 2.45 bits per heavy atom. The highest BCUT2D eigenvalue weighted by molar-refractivity contribution is 5.21. The van der Waals surface area contributed by atoms with Crippen LogP contribution in [0.25, 0.3) is 0 Å². The summed E-state index contributed by atoms with van der Waals surface area (Å²) in [6.07, 6.45) is 4.92. The zero-order chi connectivity index (χ0) is 14.7. The molecular weight excluding hydrogens is 256 g/mol. The summed E-state index contributed by atoms with van der Waals surface area (Å²) in [7, 11) is 0. The van der Waals surface area contributed by atoms with Crippen LogP contribution in [0.4, 0.5) is 8.78 Å². The monoisotopic (exact) mass is 281 g/mol. The molecule has 1 saturated carbocycles. The molecule has 20 heavy (non-hydrogen) atoms. The van der Waals surface area contributed by atoms with Crippen molar-refractivity contribution in [3.05, 3.63) is 35.4 Å². The van der Waals surface area contributed by atoms with Gasteiger partial charge in [0.1, 0.15) is 11.6 Å². The topological polar surface area (TPSA) is 12.0 Å². The largest absolute Gasteiger partial charge is 0.307 e. The highest BCUT2D eigenvalue weighted by atomic mass is 19.1. The van der Waals surface area contributed by atoms with E-state index < -0.39 is 11.6 Å². The van der Waals surface area contributed by atoms with E-state index in [-0.39, 0.29) is 6.04 Å². The third-order valence-electron chi connectivity index (χ3n) is 4.57. The minimum atomic E-state index is -0.517. The van der Waals surface area contributed by atoms with Gasteiger partial charge in [0.15, 0.2) is 0 Å². The highest BCUT2D eigenvalue weighted by Crippen LogP contribution is 2.32. The first-order valence-electron chi connectivity index (χ1n) is 7.70. The van der Waals surface area contributed by atoms with Gasteiger partial charge in [0, 0.05) is 23.7 Å². The molecule has 112 valence electrons. The summed E-state index contributed by atoms with van der Waals surface area (Å²) in [6.45, 7) is 6.48. The Labute approximate surface area is 120 Å². The second kappa shape index (κ2) is 6.66. The standard InChI is InChI=1S/C17H25F2N/c1-11(2)14-6-4-5-7-17(14)20-12(3)15-9-8-13(18)10-16(15)19/h8-12,14,17,20H,4-7H2,1-3H3. The average molecular weight is 281 g/mol. The summed E-state index contributed by atoms with van der Waals surface area (Å²) in [6, 6.07) is 4.20. The summed E-state index contributed by atoms with van der Waals surface area (Å²) in [5.74, 6) is 0.311. The van der Waals surface area contributed by atoms with E-state index in [0.29, 0.717) is 23.4 Å². The molecule has 3 unspecified atom stereocenters. The SMILES string of the molecule is CC(NC1CCCCC1C(C)C)c1ccc(F)cc1F. The lowest BCUT2D eigenvalue weighted by molar-refractivity contribution is 0.194. The molecule has 0 heterocycles. The molecule has 0 aromatic heterocycles. The maximum Gasteiger partial charge on any atom is 0.130 e. The summed E-state index contributed by atoms with van der Waals surface area (Å²) in [5, 5.41) is 3.56. The fourth-order valence-electron chi connectivity index (χ4n) is 3.43. The molecule has 0 radical (unpaired) electrons. The molecule has 0 aliphatic heterocycles. The van der Waals surface area contributed by atoms with Gasteiger partial charge in [-0.2, -0.15) is 0 Å². The van der Waals surface area contributed by atoms with Crippen LogP contribution >= 0.6 is 0 Å². The third-order valence-corrected chi connectivity index (χ3v) is 4.57. The molecule has 1 nitrogen and oxygen atoms in total. The first-order valence-corrected chi connectivity index (χ1v) is 7.70. The molecule has 1 aliphatic rings. The van der Waals surface area contributed by atoms with Crippen molar-refractivity contribution >= 4 is 0 Å². The summed E-state index contributed by atoms with van der Waals surface area (Å²) < 4.78 is 26.8. The molecule has 1 aliphatic carbocycles. The number of nitrogens with one attached hydrogen (secondary N) is 1. The minimum Gasteiger partial charge on any atom is -0.307 e. The predicted octanol–water partition coefficient (Wildman–Crippen LogP) is 4.83. The second-order valence-electron chi connectivity index (χ2n) is 6.35. The Hall–Kier alpha value is -0.960. The molecule has 3 heteroatoms. The quantitative estimate of drug-likeness (QED) is 0.833. The van der Waals surface area contributed by atoms with Crippen molar-refractivity contribution in [1.82, 2.24) is 5.32 Å². The van der Waals surface area contributed by atoms with E-state index in [4.69, 9.17) is 0 Å². The van der Waals surface area contributed by atoms with Crippen LogP contribution in [-0.4, -0.2) is 6.04 Å². The van der Waals surface area contributed by atoms with E-state index in [1.165, 1.54) is 25.3 Å². The molecule has 2 rings (SSSR count). The fourth-order valence-corrected chi connectivity index (χ4v) is 3.43. The molecular formula is C17H25F2N. The fraction of sp³-hybridized carbons (Fsp3) is 0.647. The van der Waals surface area contributed by atoms with Gasteiger partial charge in [0.05, 0.1) is 0 Å². The van der Waals surface area contributed by atoms with Crippen molar-refractivity contribution in [2.45, 2.75) is 58.5 Å². The van der Waals surface area contributed by atoms with Gasteiger partial charge in [-0.1, -0.05) is 32.8 Å². The second-order valence-corrected chi connectivity index (χ2v) is 6.35. The number of hydrogen-bond acceptors (Lipinski definition) is 1. The zero-order valence-electron chi connectivity index (χ0n) is 12.6. The van der Waals surface area contributed by atoms with E-state index in [2.05, 4.69) is 19.2 Å². The lowest BCUT2D eigenvalue weighted by atomic mass is 9.77. The number of halogens is 2. The van der Waals surface area contributed by atoms with Crippen LogP contribution in [0.3, 0.4) is 0 Å². The molecule has 0 amide bonds. The van der Waals surface area contributed by atoms with Crippen molar-refractivity contribution in [3.8, 4) is 0 Å². The Kier molecular flexibility index (Phi) is 5.14. The van der Waals surface area contributed by atoms with Gasteiger partial charge in [-0.3, -0.25) is 0 Å². The van der Waals surface area contributed by atoms with Crippen molar-refractivity contribution in [2.24, 2.45) is 11.8 Å². The highest BCUT2D eigenvalue weighted by Gasteiger charge is 2.28. The Bertz CT molecular complexity index is 445. The first kappa shape index (κ1) is 15.4. The van der Waals surface area contributed by atoms with E-state index in [1.54, 1.807) is 6.07 Å². The van der Waals surface area contributed by atoms with E-state index >= 15 is 0 Å². The van der Waals surface area contributed by atoms with Crippen LogP contribution in [0.1, 0.15) is 58.1 Å². The normalized spacial score (nSPS) is 24.9. The molecule has 1 fully saturated rings. The minimum absolute atomic E-state index is 0.0834. The molecule has 0 spiro atoms. The van der Waals surface area contributed by atoms with Crippen molar-refractivity contribution in [3.63, 3.8) is 0 Å². The average Bonchev–Trinajstić information content (AvgIpc) is 2.38. The van der Waals surface area contributed by atoms with Crippen molar-refractivity contribution < 1.29 is 8.78 Å². The molecule has 1 aromatic carbocycles. The van der Waals surface area contributed by atoms with Crippen molar-refractivity contribution in [2.75, 3.05) is 0 Å². The van der Waals surface area contributed by atoms with E-state index in [1.807, 2.05) is 6.92 Å². The number of benzene rings is 1. The van der Waals surface area contributed by atoms with Crippen LogP contribution in [-0.2, 0) is 0 Å².